The minimum Gasteiger partial charge on any atom is -0.462 e. The van der Waals surface area contributed by atoms with Gasteiger partial charge in [0.1, 0.15) is 17.3 Å². The molecule has 1 heterocycles. The van der Waals surface area contributed by atoms with Crippen molar-refractivity contribution in [3.63, 3.8) is 0 Å². The molecule has 1 rings (SSSR count). The minimum atomic E-state index is -2.97. The number of hydrogen-bond donors (Lipinski definition) is 1. The van der Waals surface area contributed by atoms with Crippen LogP contribution in [-0.2, 0) is 11.3 Å². The fourth-order valence-electron chi connectivity index (χ4n) is 1.42. The van der Waals surface area contributed by atoms with Crippen LogP contribution in [0.15, 0.2) is 6.20 Å². The predicted octanol–water partition coefficient (Wildman–Crippen LogP) is 1.53. The molecule has 96 valence electrons. The zero-order valence-corrected chi connectivity index (χ0v) is 9.61. The largest absolute Gasteiger partial charge is 0.462 e. The maximum absolute atomic E-state index is 12.8. The van der Waals surface area contributed by atoms with E-state index in [1.807, 2.05) is 0 Å². The molecule has 0 unspecified atom stereocenters. The fourth-order valence-corrected chi connectivity index (χ4v) is 1.42. The van der Waals surface area contributed by atoms with Crippen LogP contribution in [0, 0.1) is 11.3 Å². The smallest absolute Gasteiger partial charge is 0.341 e. The highest BCUT2D eigenvalue weighted by atomic mass is 19.3. The molecule has 0 amide bonds. The van der Waals surface area contributed by atoms with Gasteiger partial charge in [-0.05, 0) is 6.92 Å². The van der Waals surface area contributed by atoms with E-state index in [-0.39, 0.29) is 24.3 Å². The maximum atomic E-state index is 12.8. The van der Waals surface area contributed by atoms with Crippen LogP contribution in [0.3, 0.4) is 0 Å². The summed E-state index contributed by atoms with van der Waals surface area (Å²) in [6.45, 7) is 1.47. The third-order valence-corrected chi connectivity index (χ3v) is 2.20. The Morgan fingerprint density at radius 3 is 2.78 bits per heavy atom. The van der Waals surface area contributed by atoms with Crippen molar-refractivity contribution in [3.05, 3.63) is 28.6 Å². The number of pyridine rings is 1. The lowest BCUT2D eigenvalue weighted by Crippen LogP contribution is -2.15. The van der Waals surface area contributed by atoms with Crippen molar-refractivity contribution in [1.29, 1.82) is 5.26 Å². The van der Waals surface area contributed by atoms with Gasteiger partial charge in [-0.1, -0.05) is 0 Å². The molecular weight excluding hydrogens is 244 g/mol. The van der Waals surface area contributed by atoms with Crippen LogP contribution in [0.1, 0.15) is 40.5 Å². The molecular formula is C11H11F2N3O2. The molecule has 0 saturated heterocycles. The molecule has 0 bridgehead atoms. The van der Waals surface area contributed by atoms with E-state index in [0.717, 1.165) is 6.20 Å². The first kappa shape index (κ1) is 14.0. The molecule has 2 N–H and O–H groups in total. The third kappa shape index (κ3) is 2.60. The van der Waals surface area contributed by atoms with Crippen molar-refractivity contribution < 1.29 is 18.3 Å². The number of halogens is 2. The summed E-state index contributed by atoms with van der Waals surface area (Å²) in [6, 6.07) is 1.70. The second kappa shape index (κ2) is 6.02. The van der Waals surface area contributed by atoms with Gasteiger partial charge in [-0.25, -0.2) is 13.6 Å². The summed E-state index contributed by atoms with van der Waals surface area (Å²) in [5.74, 6) is -0.993. The number of carbonyl (C=O) groups excluding carboxylic acids is 1. The van der Waals surface area contributed by atoms with Gasteiger partial charge in [-0.3, -0.25) is 4.98 Å². The van der Waals surface area contributed by atoms with Gasteiger partial charge in [0, 0.05) is 18.3 Å². The lowest BCUT2D eigenvalue weighted by molar-refractivity contribution is 0.0513. The molecule has 1 aromatic rings. The number of nitrogens with two attached hydrogens (primary N) is 1. The van der Waals surface area contributed by atoms with E-state index in [1.54, 1.807) is 6.07 Å². The van der Waals surface area contributed by atoms with Crippen molar-refractivity contribution in [2.45, 2.75) is 19.9 Å². The Hall–Kier alpha value is -2.07. The zero-order chi connectivity index (χ0) is 13.7. The Bertz CT molecular complexity index is 498. The third-order valence-electron chi connectivity index (χ3n) is 2.20. The lowest BCUT2D eigenvalue weighted by atomic mass is 10.0. The number of ether oxygens (including phenoxy) is 1. The summed E-state index contributed by atoms with van der Waals surface area (Å²) in [5.41, 5.74) is 4.12. The number of aromatic nitrogens is 1. The molecule has 0 radical (unpaired) electrons. The summed E-state index contributed by atoms with van der Waals surface area (Å²) in [5, 5.41) is 8.97. The van der Waals surface area contributed by atoms with Gasteiger partial charge in [0.05, 0.1) is 12.2 Å². The van der Waals surface area contributed by atoms with E-state index >= 15 is 0 Å². The maximum Gasteiger partial charge on any atom is 0.341 e. The van der Waals surface area contributed by atoms with Crippen molar-refractivity contribution in [2.24, 2.45) is 5.73 Å². The van der Waals surface area contributed by atoms with Crippen LogP contribution in [0.5, 0.6) is 0 Å². The number of nitriles is 1. The first-order chi connectivity index (χ1) is 8.56. The molecule has 1 aromatic heterocycles. The van der Waals surface area contributed by atoms with Crippen LogP contribution in [0.2, 0.25) is 0 Å². The standard InChI is InChI=1S/C11H11F2N3O2/c1-2-18-11(17)8-7(4-15)6(3-14)5-16-9(8)10(12)13/h5,10H,2-3,14H2,1H3. The molecule has 0 saturated carbocycles. The van der Waals surface area contributed by atoms with Gasteiger partial charge < -0.3 is 10.5 Å². The molecule has 18 heavy (non-hydrogen) atoms. The fraction of sp³-hybridized carbons (Fsp3) is 0.364. The molecule has 5 nitrogen and oxygen atoms in total. The number of hydrogen-bond acceptors (Lipinski definition) is 5. The van der Waals surface area contributed by atoms with E-state index in [2.05, 4.69) is 9.72 Å². The molecule has 0 spiro atoms. The SMILES string of the molecule is CCOC(=O)c1c(C(F)F)ncc(CN)c1C#N. The van der Waals surface area contributed by atoms with Gasteiger partial charge in [0.15, 0.2) is 0 Å². The van der Waals surface area contributed by atoms with Crippen molar-refractivity contribution in [3.8, 4) is 6.07 Å². The Morgan fingerprint density at radius 1 is 1.67 bits per heavy atom. The summed E-state index contributed by atoms with van der Waals surface area (Å²) >= 11 is 0. The van der Waals surface area contributed by atoms with E-state index in [9.17, 15) is 13.6 Å². The summed E-state index contributed by atoms with van der Waals surface area (Å²) in [7, 11) is 0. The molecule has 7 heteroatoms. The van der Waals surface area contributed by atoms with Crippen molar-refractivity contribution >= 4 is 5.97 Å². The van der Waals surface area contributed by atoms with Gasteiger partial charge in [-0.15, -0.1) is 0 Å². The quantitative estimate of drug-likeness (QED) is 0.824. The van der Waals surface area contributed by atoms with Gasteiger partial charge in [0.25, 0.3) is 6.43 Å². The molecule has 0 atom stereocenters. The number of rotatable bonds is 4. The average molecular weight is 255 g/mol. The van der Waals surface area contributed by atoms with E-state index in [1.165, 1.54) is 6.92 Å². The first-order valence-corrected chi connectivity index (χ1v) is 5.14. The highest BCUT2D eigenvalue weighted by Gasteiger charge is 2.26. The highest BCUT2D eigenvalue weighted by Crippen LogP contribution is 2.25. The normalized spacial score (nSPS) is 10.2. The van der Waals surface area contributed by atoms with E-state index < -0.39 is 23.7 Å². The van der Waals surface area contributed by atoms with Crippen LogP contribution in [0.4, 0.5) is 8.78 Å². The highest BCUT2D eigenvalue weighted by molar-refractivity contribution is 5.94. The number of carbonyl (C=O) groups is 1. The van der Waals surface area contributed by atoms with Crippen molar-refractivity contribution in [1.82, 2.24) is 4.98 Å². The average Bonchev–Trinajstić information content (AvgIpc) is 2.36. The van der Waals surface area contributed by atoms with E-state index in [4.69, 9.17) is 11.0 Å². The van der Waals surface area contributed by atoms with Crippen LogP contribution in [-0.4, -0.2) is 17.6 Å². The molecule has 0 aromatic carbocycles. The molecule has 0 aliphatic carbocycles. The summed E-state index contributed by atoms with van der Waals surface area (Å²) in [4.78, 5) is 15.1. The second-order valence-corrected chi connectivity index (χ2v) is 3.26. The molecule has 0 fully saturated rings. The topological polar surface area (TPSA) is 89.0 Å². The van der Waals surface area contributed by atoms with Crippen LogP contribution < -0.4 is 5.73 Å². The number of nitrogens with zero attached hydrogens (tertiary/aromatic N) is 2. The van der Waals surface area contributed by atoms with Crippen LogP contribution >= 0.6 is 0 Å². The van der Waals surface area contributed by atoms with Gasteiger partial charge in [-0.2, -0.15) is 5.26 Å². The monoisotopic (exact) mass is 255 g/mol. The van der Waals surface area contributed by atoms with E-state index in [0.29, 0.717) is 0 Å². The number of alkyl halides is 2. The Balaban J connectivity index is 3.49. The Labute approximate surface area is 102 Å². The van der Waals surface area contributed by atoms with Gasteiger partial charge >= 0.3 is 5.97 Å². The minimum absolute atomic E-state index is 0.0131. The zero-order valence-electron chi connectivity index (χ0n) is 9.61. The Morgan fingerprint density at radius 2 is 2.33 bits per heavy atom. The van der Waals surface area contributed by atoms with Gasteiger partial charge in [0.2, 0.25) is 0 Å². The first-order valence-electron chi connectivity index (χ1n) is 5.14. The van der Waals surface area contributed by atoms with Crippen LogP contribution in [0.25, 0.3) is 0 Å². The number of esters is 1. The second-order valence-electron chi connectivity index (χ2n) is 3.26. The molecule has 0 aliphatic rings. The predicted molar refractivity (Wildman–Crippen MR) is 57.8 cm³/mol. The lowest BCUT2D eigenvalue weighted by Gasteiger charge is -2.11. The summed E-state index contributed by atoms with van der Waals surface area (Å²) < 4.78 is 30.2. The molecule has 0 aliphatic heterocycles. The summed E-state index contributed by atoms with van der Waals surface area (Å²) in [6.07, 6.45) is -1.90. The van der Waals surface area contributed by atoms with Crippen molar-refractivity contribution in [2.75, 3.05) is 6.61 Å². The Kier molecular flexibility index (Phi) is 4.68.